The van der Waals surface area contributed by atoms with Crippen molar-refractivity contribution in [1.29, 1.82) is 0 Å². The maximum Gasteiger partial charge on any atom is 0.337 e. The maximum absolute atomic E-state index is 12.2. The number of hydrogen-bond acceptors (Lipinski definition) is 7. The number of methoxy groups -OCH3 is 1. The largest absolute Gasteiger partial charge is 0.466 e. The molecule has 1 aromatic carbocycles. The molecule has 0 aliphatic carbocycles. The number of nitrogens with zero attached hydrogens (tertiary/aromatic N) is 4. The van der Waals surface area contributed by atoms with Gasteiger partial charge in [-0.05, 0) is 13.0 Å². The maximum atomic E-state index is 12.2. The molecule has 0 saturated carbocycles. The van der Waals surface area contributed by atoms with Crippen molar-refractivity contribution in [2.75, 3.05) is 12.4 Å². The van der Waals surface area contributed by atoms with Gasteiger partial charge in [-0.25, -0.2) is 4.79 Å². The lowest BCUT2D eigenvalue weighted by Crippen LogP contribution is -2.28. The summed E-state index contributed by atoms with van der Waals surface area (Å²) in [6, 6.07) is 5.48. The van der Waals surface area contributed by atoms with Gasteiger partial charge in [0.1, 0.15) is 6.33 Å². The molecule has 9 heteroatoms. The van der Waals surface area contributed by atoms with E-state index in [0.717, 1.165) is 0 Å². The van der Waals surface area contributed by atoms with Crippen LogP contribution in [-0.2, 0) is 9.53 Å². The first-order valence-corrected chi connectivity index (χ1v) is 6.74. The van der Waals surface area contributed by atoms with Crippen LogP contribution in [0.1, 0.15) is 18.5 Å². The van der Waals surface area contributed by atoms with Crippen LogP contribution in [0.25, 0.3) is 5.70 Å². The molecule has 0 bridgehead atoms. The normalized spacial score (nSPS) is 16.5. The van der Waals surface area contributed by atoms with Crippen LogP contribution >= 0.6 is 0 Å². The number of rotatable bonds is 3. The lowest BCUT2D eigenvalue weighted by molar-refractivity contribution is -0.385. The summed E-state index contributed by atoms with van der Waals surface area (Å²) in [7, 11) is 1.26. The van der Waals surface area contributed by atoms with Crippen molar-refractivity contribution in [1.82, 2.24) is 14.8 Å². The summed E-state index contributed by atoms with van der Waals surface area (Å²) in [4.78, 5) is 23.0. The van der Waals surface area contributed by atoms with Gasteiger partial charge in [-0.3, -0.25) is 14.7 Å². The van der Waals surface area contributed by atoms with E-state index in [-0.39, 0.29) is 11.3 Å². The van der Waals surface area contributed by atoms with Crippen LogP contribution in [-0.4, -0.2) is 32.8 Å². The Bertz CT molecular complexity index is 826. The Balaban J connectivity index is 2.21. The van der Waals surface area contributed by atoms with Crippen LogP contribution < -0.4 is 5.32 Å². The topological polar surface area (TPSA) is 112 Å². The highest BCUT2D eigenvalue weighted by molar-refractivity contribution is 5.98. The average molecular weight is 315 g/mol. The van der Waals surface area contributed by atoms with Gasteiger partial charge < -0.3 is 10.1 Å². The Morgan fingerprint density at radius 1 is 1.43 bits per heavy atom. The first-order valence-electron chi connectivity index (χ1n) is 6.74. The number of carbonyl (C=O) groups excluding carboxylic acids is 1. The van der Waals surface area contributed by atoms with Gasteiger partial charge in [-0.1, -0.05) is 12.1 Å². The molecule has 0 spiro atoms. The zero-order valence-electron chi connectivity index (χ0n) is 12.4. The highest BCUT2D eigenvalue weighted by Crippen LogP contribution is 2.38. The summed E-state index contributed by atoms with van der Waals surface area (Å²) in [5.41, 5.74) is 1.09. The molecule has 23 heavy (non-hydrogen) atoms. The molecule has 0 amide bonds. The van der Waals surface area contributed by atoms with Crippen LogP contribution in [0.3, 0.4) is 0 Å². The Morgan fingerprint density at radius 2 is 2.17 bits per heavy atom. The zero-order valence-corrected chi connectivity index (χ0v) is 12.4. The van der Waals surface area contributed by atoms with Crippen molar-refractivity contribution in [2.45, 2.75) is 13.0 Å². The van der Waals surface area contributed by atoms with Gasteiger partial charge in [0.2, 0.25) is 5.95 Å². The van der Waals surface area contributed by atoms with E-state index in [2.05, 4.69) is 15.5 Å². The number of ether oxygens (including phenoxy) is 1. The van der Waals surface area contributed by atoms with Crippen molar-refractivity contribution in [3.05, 3.63) is 51.8 Å². The summed E-state index contributed by atoms with van der Waals surface area (Å²) >= 11 is 0. The molecular formula is C14H13N5O4. The first kappa shape index (κ1) is 14.7. The minimum atomic E-state index is -0.749. The number of nitro benzene ring substituents is 1. The van der Waals surface area contributed by atoms with E-state index < -0.39 is 16.9 Å². The fourth-order valence-electron chi connectivity index (χ4n) is 2.63. The molecule has 0 saturated heterocycles. The SMILES string of the molecule is COC(=O)C1=C(C)n2cnnc2N[C@@H]1c1ccccc1[N+](=O)[O-]. The number of hydrogen-bond donors (Lipinski definition) is 1. The van der Waals surface area contributed by atoms with E-state index in [0.29, 0.717) is 17.2 Å². The number of para-hydroxylation sites is 1. The second-order valence-corrected chi connectivity index (χ2v) is 4.91. The minimum Gasteiger partial charge on any atom is -0.466 e. The van der Waals surface area contributed by atoms with Gasteiger partial charge in [0.05, 0.1) is 29.2 Å². The zero-order chi connectivity index (χ0) is 16.6. The number of esters is 1. The van der Waals surface area contributed by atoms with E-state index in [1.165, 1.54) is 19.5 Å². The standard InChI is InChI=1S/C14H13N5O4/c1-8-11(13(20)23-2)12(16-14-17-15-7-18(8)14)9-5-3-4-6-10(9)19(21)22/h3-7,12H,1-2H3,(H,16,17)/t12-/m1/s1. The van der Waals surface area contributed by atoms with E-state index in [1.54, 1.807) is 29.7 Å². The number of nitrogens with one attached hydrogen (secondary N) is 1. The summed E-state index contributed by atoms with van der Waals surface area (Å²) < 4.78 is 6.44. The first-order chi connectivity index (χ1) is 11.0. The number of fused-ring (bicyclic) bond motifs is 1. The van der Waals surface area contributed by atoms with Crippen molar-refractivity contribution in [3.63, 3.8) is 0 Å². The molecule has 118 valence electrons. The third-order valence-corrected chi connectivity index (χ3v) is 3.71. The molecule has 0 radical (unpaired) electrons. The highest BCUT2D eigenvalue weighted by Gasteiger charge is 2.35. The second kappa shape index (κ2) is 5.52. The van der Waals surface area contributed by atoms with Crippen LogP contribution in [0.5, 0.6) is 0 Å². The van der Waals surface area contributed by atoms with Crippen LogP contribution in [0.2, 0.25) is 0 Å². The van der Waals surface area contributed by atoms with E-state index in [1.807, 2.05) is 0 Å². The smallest absolute Gasteiger partial charge is 0.337 e. The molecule has 2 heterocycles. The summed E-state index contributed by atoms with van der Waals surface area (Å²) in [5.74, 6) is -0.171. The van der Waals surface area contributed by atoms with Crippen molar-refractivity contribution >= 4 is 23.3 Å². The Kier molecular flexibility index (Phi) is 3.53. The quantitative estimate of drug-likeness (QED) is 0.521. The lowest BCUT2D eigenvalue weighted by Gasteiger charge is -2.27. The fraction of sp³-hybridized carbons (Fsp3) is 0.214. The predicted octanol–water partition coefficient (Wildman–Crippen LogP) is 1.76. The summed E-state index contributed by atoms with van der Waals surface area (Å²) in [6.07, 6.45) is 1.45. The molecule has 0 fully saturated rings. The molecule has 1 aliphatic rings. The van der Waals surface area contributed by atoms with Crippen molar-refractivity contribution in [2.24, 2.45) is 0 Å². The second-order valence-electron chi connectivity index (χ2n) is 4.91. The molecule has 1 atom stereocenters. The molecular weight excluding hydrogens is 302 g/mol. The molecule has 3 rings (SSSR count). The van der Waals surface area contributed by atoms with Crippen LogP contribution in [0.15, 0.2) is 36.2 Å². The number of aromatic nitrogens is 3. The molecule has 1 aromatic heterocycles. The van der Waals surface area contributed by atoms with Gasteiger partial charge in [0.25, 0.3) is 5.69 Å². The minimum absolute atomic E-state index is 0.0906. The van der Waals surface area contributed by atoms with Crippen molar-refractivity contribution < 1.29 is 14.5 Å². The number of benzene rings is 1. The van der Waals surface area contributed by atoms with Crippen molar-refractivity contribution in [3.8, 4) is 0 Å². The summed E-state index contributed by atoms with van der Waals surface area (Å²) in [6.45, 7) is 1.71. The van der Waals surface area contributed by atoms with Crippen LogP contribution in [0.4, 0.5) is 11.6 Å². The van der Waals surface area contributed by atoms with E-state index >= 15 is 0 Å². The average Bonchev–Trinajstić information content (AvgIpc) is 3.03. The third kappa shape index (κ3) is 2.31. The van der Waals surface area contributed by atoms with Gasteiger partial charge in [-0.2, -0.15) is 0 Å². The number of anilines is 1. The Labute approximate surface area is 130 Å². The van der Waals surface area contributed by atoms with Gasteiger partial charge in [0, 0.05) is 11.8 Å². The monoisotopic (exact) mass is 315 g/mol. The summed E-state index contributed by atoms with van der Waals surface area (Å²) in [5, 5.41) is 22.0. The van der Waals surface area contributed by atoms with Gasteiger partial charge >= 0.3 is 5.97 Å². The fourth-order valence-corrected chi connectivity index (χ4v) is 2.63. The molecule has 9 nitrogen and oxygen atoms in total. The van der Waals surface area contributed by atoms with E-state index in [9.17, 15) is 14.9 Å². The highest BCUT2D eigenvalue weighted by atomic mass is 16.6. The molecule has 2 aromatic rings. The molecule has 1 N–H and O–H groups in total. The number of carbonyl (C=O) groups is 1. The predicted molar refractivity (Wildman–Crippen MR) is 80.4 cm³/mol. The van der Waals surface area contributed by atoms with Gasteiger partial charge in [-0.15, -0.1) is 10.2 Å². The third-order valence-electron chi connectivity index (χ3n) is 3.71. The number of allylic oxidation sites excluding steroid dienone is 1. The number of nitro groups is 1. The molecule has 1 aliphatic heterocycles. The van der Waals surface area contributed by atoms with Gasteiger partial charge in [0.15, 0.2) is 0 Å². The molecule has 0 unspecified atom stereocenters. The van der Waals surface area contributed by atoms with Crippen LogP contribution in [0, 0.1) is 10.1 Å². The lowest BCUT2D eigenvalue weighted by atomic mass is 9.94. The Morgan fingerprint density at radius 3 is 2.87 bits per heavy atom. The Hall–Kier alpha value is -3.23. The van der Waals surface area contributed by atoms with E-state index in [4.69, 9.17) is 4.74 Å².